The highest BCUT2D eigenvalue weighted by molar-refractivity contribution is 5.78. The van der Waals surface area contributed by atoms with Gasteiger partial charge in [0.05, 0.1) is 23.7 Å². The highest BCUT2D eigenvalue weighted by atomic mass is 16.4. The molecule has 4 rings (SSSR count). The standard InChI is InChI=1S/C12H10N2.2C9H12O6/c1(11-3-7-13-8-4-11)2-12-5-9-14-10-6-12;2*10-7(11)4-1-5(8(12)13)3-6(2-4)9(14)15/h1-10H;2*4-6H,1-3H2,(H,10,11)(H,12,13)(H,14,15)/b2-1+;;. The third kappa shape index (κ3) is 11.6. The Morgan fingerprint density at radius 2 is 0.727 bits per heavy atom. The fraction of sp³-hybridized carbons (Fsp3) is 0.400. The third-order valence-corrected chi connectivity index (χ3v) is 7.43. The zero-order valence-corrected chi connectivity index (χ0v) is 23.5. The molecular formula is C30H34N2O12. The highest BCUT2D eigenvalue weighted by Crippen LogP contribution is 2.34. The van der Waals surface area contributed by atoms with Crippen LogP contribution in [-0.2, 0) is 28.8 Å². The molecule has 2 saturated carbocycles. The van der Waals surface area contributed by atoms with Crippen LogP contribution in [0, 0.1) is 35.5 Å². The van der Waals surface area contributed by atoms with Crippen LogP contribution in [0.3, 0.4) is 0 Å². The second-order valence-corrected chi connectivity index (χ2v) is 10.6. The molecule has 0 radical (unpaired) electrons. The number of aromatic amines is 2. The van der Waals surface area contributed by atoms with E-state index in [9.17, 15) is 39.0 Å². The van der Waals surface area contributed by atoms with Crippen LogP contribution in [0.4, 0.5) is 0 Å². The van der Waals surface area contributed by atoms with E-state index in [1.165, 1.54) is 11.1 Å². The van der Waals surface area contributed by atoms with E-state index in [1.807, 2.05) is 49.1 Å². The molecular weight excluding hydrogens is 580 g/mol. The molecule has 2 aliphatic rings. The number of H-pyrrole nitrogens is 2. The van der Waals surface area contributed by atoms with Gasteiger partial charge in [-0.2, -0.15) is 0 Å². The van der Waals surface area contributed by atoms with Gasteiger partial charge in [0.2, 0.25) is 0 Å². The number of carboxylic acids is 6. The van der Waals surface area contributed by atoms with E-state index in [4.69, 9.17) is 20.4 Å². The molecule has 2 heterocycles. The average molecular weight is 615 g/mol. The van der Waals surface area contributed by atoms with Crippen LogP contribution in [0.25, 0.3) is 12.2 Å². The van der Waals surface area contributed by atoms with Gasteiger partial charge in [-0.1, -0.05) is 12.2 Å². The van der Waals surface area contributed by atoms with Gasteiger partial charge in [-0.05, 0) is 49.7 Å². The largest absolute Gasteiger partial charge is 0.550 e. The Kier molecular flexibility index (Phi) is 13.6. The summed E-state index contributed by atoms with van der Waals surface area (Å²) in [6.07, 6.45) is 11.7. The third-order valence-electron chi connectivity index (χ3n) is 7.43. The number of nitrogens with one attached hydrogen (secondary N) is 2. The quantitative estimate of drug-likeness (QED) is 0.289. The first-order chi connectivity index (χ1) is 20.8. The number of hydrogen-bond donors (Lipinski definition) is 4. The Balaban J connectivity index is 0.000000230. The number of aromatic nitrogens is 2. The lowest BCUT2D eigenvalue weighted by Crippen LogP contribution is -2.40. The fourth-order valence-corrected chi connectivity index (χ4v) is 5.04. The number of rotatable bonds is 8. The summed E-state index contributed by atoms with van der Waals surface area (Å²) in [5.74, 6) is -12.9. The Morgan fingerprint density at radius 3 is 0.932 bits per heavy atom. The molecule has 6 atom stereocenters. The van der Waals surface area contributed by atoms with Crippen molar-refractivity contribution in [2.45, 2.75) is 38.5 Å². The number of carbonyl (C=O) groups is 6. The summed E-state index contributed by atoms with van der Waals surface area (Å²) in [6, 6.07) is 8.13. The topological polar surface area (TPSA) is 258 Å². The van der Waals surface area contributed by atoms with E-state index in [0.717, 1.165) is 0 Å². The van der Waals surface area contributed by atoms with Gasteiger partial charge >= 0.3 is 23.9 Å². The van der Waals surface area contributed by atoms with E-state index < -0.39 is 71.3 Å². The van der Waals surface area contributed by atoms with Gasteiger partial charge in [0.1, 0.15) is 0 Å². The monoisotopic (exact) mass is 614 g/mol. The van der Waals surface area contributed by atoms with Crippen molar-refractivity contribution in [3.63, 3.8) is 0 Å². The molecule has 236 valence electrons. The van der Waals surface area contributed by atoms with Crippen molar-refractivity contribution in [2.75, 3.05) is 0 Å². The maximum absolute atomic E-state index is 10.7. The van der Waals surface area contributed by atoms with E-state index >= 15 is 0 Å². The Labute approximate surface area is 251 Å². The Morgan fingerprint density at radius 1 is 0.500 bits per heavy atom. The van der Waals surface area contributed by atoms with E-state index in [2.05, 4.69) is 22.1 Å². The number of pyridine rings is 2. The molecule has 0 aromatic carbocycles. The maximum Gasteiger partial charge on any atom is 0.306 e. The molecule has 44 heavy (non-hydrogen) atoms. The van der Waals surface area contributed by atoms with Crippen molar-refractivity contribution in [3.05, 3.63) is 60.2 Å². The van der Waals surface area contributed by atoms with Crippen LogP contribution in [0.1, 0.15) is 49.7 Å². The predicted molar refractivity (Wildman–Crippen MR) is 144 cm³/mol. The van der Waals surface area contributed by atoms with Gasteiger partial charge in [-0.25, -0.2) is 9.97 Å². The van der Waals surface area contributed by atoms with Gasteiger partial charge in [0, 0.05) is 48.0 Å². The van der Waals surface area contributed by atoms with Gasteiger partial charge in [-0.3, -0.25) is 19.2 Å². The zero-order valence-electron chi connectivity index (χ0n) is 23.5. The molecule has 2 fully saturated rings. The summed E-state index contributed by atoms with van der Waals surface area (Å²) in [5, 5.41) is 56.1. The molecule has 14 nitrogen and oxygen atoms in total. The van der Waals surface area contributed by atoms with Crippen LogP contribution in [0.15, 0.2) is 49.1 Å². The van der Waals surface area contributed by atoms with E-state index in [1.54, 1.807) is 0 Å². The van der Waals surface area contributed by atoms with Crippen LogP contribution in [0.5, 0.6) is 0 Å². The first kappa shape index (κ1) is 35.1. The second kappa shape index (κ2) is 17.1. The van der Waals surface area contributed by atoms with E-state index in [0.29, 0.717) is 0 Å². The van der Waals surface area contributed by atoms with Crippen LogP contribution in [-0.4, -0.2) is 56.2 Å². The van der Waals surface area contributed by atoms with Gasteiger partial charge < -0.3 is 40.2 Å². The smallest absolute Gasteiger partial charge is 0.306 e. The molecule has 0 bridgehead atoms. The summed E-state index contributed by atoms with van der Waals surface area (Å²) >= 11 is 0. The first-order valence-electron chi connectivity index (χ1n) is 13.7. The van der Waals surface area contributed by atoms with Crippen molar-refractivity contribution >= 4 is 48.0 Å². The first-order valence-corrected chi connectivity index (χ1v) is 13.7. The molecule has 0 spiro atoms. The van der Waals surface area contributed by atoms with Crippen molar-refractivity contribution < 1.29 is 69.4 Å². The lowest BCUT2D eigenvalue weighted by molar-refractivity contribution is -0.378. The Hall–Kier alpha value is -5.14. The molecule has 2 aromatic heterocycles. The fourth-order valence-electron chi connectivity index (χ4n) is 5.04. The normalized spacial score (nSPS) is 24.4. The summed E-state index contributed by atoms with van der Waals surface area (Å²) < 4.78 is 0. The minimum absolute atomic E-state index is 0.00551. The van der Waals surface area contributed by atoms with Crippen molar-refractivity contribution in [1.82, 2.24) is 0 Å². The van der Waals surface area contributed by atoms with Crippen LogP contribution < -0.4 is 20.2 Å². The minimum atomic E-state index is -1.37. The molecule has 0 saturated heterocycles. The van der Waals surface area contributed by atoms with Crippen LogP contribution >= 0.6 is 0 Å². The molecule has 6 N–H and O–H groups in total. The van der Waals surface area contributed by atoms with Gasteiger partial charge in [0.25, 0.3) is 0 Å². The number of carboxylic acid groups (broad SMARTS) is 6. The molecule has 2 unspecified atom stereocenters. The molecule has 0 aliphatic heterocycles. The molecule has 0 amide bonds. The van der Waals surface area contributed by atoms with Crippen molar-refractivity contribution in [1.29, 1.82) is 0 Å². The summed E-state index contributed by atoms with van der Waals surface area (Å²) in [5.41, 5.74) is 2.38. The molecule has 2 aromatic rings. The van der Waals surface area contributed by atoms with E-state index in [-0.39, 0.29) is 38.5 Å². The number of hydrogen-bond acceptors (Lipinski definition) is 8. The maximum atomic E-state index is 10.7. The second-order valence-electron chi connectivity index (χ2n) is 10.6. The number of carbonyl (C=O) groups excluding carboxylic acids is 2. The highest BCUT2D eigenvalue weighted by Gasteiger charge is 2.37. The molecule has 14 heteroatoms. The number of aliphatic carboxylic acids is 6. The average Bonchev–Trinajstić information content (AvgIpc) is 3.01. The SMILES string of the molecule is C(=C\c1cc[nH+]cc1)/c1cc[nH+]cc1.O=C([O-])C1C[C@@H](C(=O)O)C[C@@H](C(=O)O)C1.O=C([O-])C1C[C@@H](C(=O)O)C[C@@H](C(=O)O)C1. The molecule has 2 aliphatic carbocycles. The predicted octanol–water partition coefficient (Wildman–Crippen LogP) is -0.639. The zero-order chi connectivity index (χ0) is 32.8. The lowest BCUT2D eigenvalue weighted by Gasteiger charge is -2.31. The van der Waals surface area contributed by atoms with Crippen molar-refractivity contribution in [2.24, 2.45) is 35.5 Å². The van der Waals surface area contributed by atoms with Gasteiger partial charge in [-0.15, -0.1) is 0 Å². The lowest BCUT2D eigenvalue weighted by atomic mass is 9.75. The summed E-state index contributed by atoms with van der Waals surface area (Å²) in [4.78, 5) is 69.9. The minimum Gasteiger partial charge on any atom is -0.550 e. The summed E-state index contributed by atoms with van der Waals surface area (Å²) in [7, 11) is 0. The Bertz CT molecular complexity index is 1120. The van der Waals surface area contributed by atoms with Crippen molar-refractivity contribution in [3.8, 4) is 0 Å². The van der Waals surface area contributed by atoms with Crippen LogP contribution in [0.2, 0.25) is 0 Å². The van der Waals surface area contributed by atoms with Gasteiger partial charge in [0.15, 0.2) is 24.8 Å². The summed E-state index contributed by atoms with van der Waals surface area (Å²) in [6.45, 7) is 0.